The molecule has 4 aromatic rings. The summed E-state index contributed by atoms with van der Waals surface area (Å²) in [7, 11) is 1.78. The first kappa shape index (κ1) is 24.1. The number of aryl methyl sites for hydroxylation is 1. The van der Waals surface area contributed by atoms with Crippen LogP contribution in [-0.2, 0) is 16.6 Å². The third-order valence-electron chi connectivity index (χ3n) is 4.92. The zero-order valence-corrected chi connectivity index (χ0v) is 19.5. The number of carbonyl (C=O) groups is 2. The van der Waals surface area contributed by atoms with Gasteiger partial charge in [0.05, 0.1) is 17.6 Å². The highest BCUT2D eigenvalue weighted by Gasteiger charge is 2.14. The van der Waals surface area contributed by atoms with Crippen LogP contribution in [0.1, 0.15) is 6.92 Å². The maximum absolute atomic E-state index is 14.8. The molecule has 182 valence electrons. The molecule has 0 fully saturated rings. The molecular formula is C25H23FN8O2. The molecule has 2 amide bonds. The molecule has 11 heteroatoms. The van der Waals surface area contributed by atoms with E-state index >= 15 is 0 Å². The minimum Gasteiger partial charge on any atom is -0.337 e. The van der Waals surface area contributed by atoms with Crippen molar-refractivity contribution in [3.8, 4) is 11.1 Å². The van der Waals surface area contributed by atoms with E-state index in [0.29, 0.717) is 34.0 Å². The Balaban J connectivity index is 1.75. The van der Waals surface area contributed by atoms with Gasteiger partial charge in [0.25, 0.3) is 0 Å². The average Bonchev–Trinajstić information content (AvgIpc) is 3.25. The number of carbonyl (C=O) groups excluding carboxylic acids is 2. The van der Waals surface area contributed by atoms with Crippen LogP contribution in [0.15, 0.2) is 73.7 Å². The summed E-state index contributed by atoms with van der Waals surface area (Å²) in [5.41, 5.74) is 2.96. The maximum Gasteiger partial charge on any atom is 0.247 e. The van der Waals surface area contributed by atoms with E-state index in [4.69, 9.17) is 0 Å². The quantitative estimate of drug-likeness (QED) is 0.269. The van der Waals surface area contributed by atoms with E-state index in [-0.39, 0.29) is 17.5 Å². The fourth-order valence-corrected chi connectivity index (χ4v) is 3.35. The van der Waals surface area contributed by atoms with E-state index in [1.54, 1.807) is 48.5 Å². The van der Waals surface area contributed by atoms with Crippen molar-refractivity contribution in [3.63, 3.8) is 0 Å². The van der Waals surface area contributed by atoms with Crippen molar-refractivity contribution >= 4 is 46.3 Å². The topological polar surface area (TPSA) is 126 Å². The Kier molecular flexibility index (Phi) is 7.00. The predicted octanol–water partition coefficient (Wildman–Crippen LogP) is 4.59. The lowest BCUT2D eigenvalue weighted by atomic mass is 10.1. The summed E-state index contributed by atoms with van der Waals surface area (Å²) in [5, 5.41) is 15.5. The minimum absolute atomic E-state index is 0.0853. The van der Waals surface area contributed by atoms with Crippen molar-refractivity contribution in [2.45, 2.75) is 6.92 Å². The van der Waals surface area contributed by atoms with E-state index in [9.17, 15) is 14.0 Å². The number of rotatable bonds is 8. The molecule has 0 saturated heterocycles. The third kappa shape index (κ3) is 5.89. The van der Waals surface area contributed by atoms with E-state index in [0.717, 1.165) is 6.08 Å². The molecule has 10 nitrogen and oxygen atoms in total. The molecule has 36 heavy (non-hydrogen) atoms. The molecule has 0 aliphatic carbocycles. The summed E-state index contributed by atoms with van der Waals surface area (Å²) < 4.78 is 16.4. The molecule has 0 aliphatic heterocycles. The summed E-state index contributed by atoms with van der Waals surface area (Å²) in [6.07, 6.45) is 6.08. The summed E-state index contributed by atoms with van der Waals surface area (Å²) in [6, 6.07) is 11.2. The first-order valence-electron chi connectivity index (χ1n) is 10.8. The molecule has 0 unspecified atom stereocenters. The van der Waals surface area contributed by atoms with Gasteiger partial charge in [0.15, 0.2) is 0 Å². The first-order chi connectivity index (χ1) is 17.3. The summed E-state index contributed by atoms with van der Waals surface area (Å²) in [6.45, 7) is 4.84. The zero-order chi connectivity index (χ0) is 25.7. The molecule has 0 radical (unpaired) electrons. The van der Waals surface area contributed by atoms with Crippen LogP contribution in [0.3, 0.4) is 0 Å². The number of benzene rings is 2. The van der Waals surface area contributed by atoms with Gasteiger partial charge in [0, 0.05) is 43.3 Å². The second-order valence-corrected chi connectivity index (χ2v) is 7.76. The van der Waals surface area contributed by atoms with E-state index < -0.39 is 11.7 Å². The number of anilines is 6. The van der Waals surface area contributed by atoms with Crippen LogP contribution >= 0.6 is 0 Å². The molecule has 0 saturated carbocycles. The molecule has 4 rings (SSSR count). The van der Waals surface area contributed by atoms with Crippen LogP contribution in [-0.4, -0.2) is 31.6 Å². The van der Waals surface area contributed by atoms with Gasteiger partial charge < -0.3 is 21.3 Å². The maximum atomic E-state index is 14.8. The van der Waals surface area contributed by atoms with Crippen LogP contribution in [0.5, 0.6) is 0 Å². The largest absolute Gasteiger partial charge is 0.337 e. The molecule has 0 aliphatic rings. The van der Waals surface area contributed by atoms with E-state index in [1.165, 1.54) is 25.1 Å². The van der Waals surface area contributed by atoms with Crippen molar-refractivity contribution in [1.29, 1.82) is 0 Å². The van der Waals surface area contributed by atoms with E-state index in [1.807, 2.05) is 6.07 Å². The summed E-state index contributed by atoms with van der Waals surface area (Å²) in [4.78, 5) is 32.2. The van der Waals surface area contributed by atoms with Gasteiger partial charge >= 0.3 is 0 Å². The number of hydrogen-bond donors (Lipinski definition) is 4. The molecule has 2 aromatic carbocycles. The Bertz CT molecular complexity index is 1450. The lowest BCUT2D eigenvalue weighted by molar-refractivity contribution is -0.114. The second kappa shape index (κ2) is 10.5. The van der Waals surface area contributed by atoms with Gasteiger partial charge in [0.1, 0.15) is 11.6 Å². The smallest absolute Gasteiger partial charge is 0.247 e. The third-order valence-corrected chi connectivity index (χ3v) is 4.92. The Morgan fingerprint density at radius 3 is 2.56 bits per heavy atom. The number of nitrogens with zero attached hydrogens (tertiary/aromatic N) is 4. The second-order valence-electron chi connectivity index (χ2n) is 7.76. The van der Waals surface area contributed by atoms with Crippen LogP contribution in [0.4, 0.5) is 38.9 Å². The van der Waals surface area contributed by atoms with Crippen molar-refractivity contribution in [3.05, 3.63) is 79.5 Å². The fraction of sp³-hybridized carbons (Fsp3) is 0.0800. The summed E-state index contributed by atoms with van der Waals surface area (Å²) >= 11 is 0. The molecule has 0 spiro atoms. The highest BCUT2D eigenvalue weighted by molar-refractivity contribution is 5.99. The monoisotopic (exact) mass is 486 g/mol. The average molecular weight is 487 g/mol. The van der Waals surface area contributed by atoms with E-state index in [2.05, 4.69) is 42.9 Å². The molecule has 2 aromatic heterocycles. The van der Waals surface area contributed by atoms with Crippen LogP contribution in [0, 0.1) is 5.82 Å². The molecule has 0 bridgehead atoms. The highest BCUT2D eigenvalue weighted by Crippen LogP contribution is 2.32. The SMILES string of the molecule is C=CC(=O)Nc1ccc(F)c(Nc2nc(Nc3cnn(C)c3)ncc2-c2cccc(NC(C)=O)c2)c1. The number of halogens is 1. The number of nitrogens with one attached hydrogen (secondary N) is 4. The van der Waals surface area contributed by atoms with Crippen molar-refractivity contribution in [2.75, 3.05) is 21.3 Å². The molecule has 4 N–H and O–H groups in total. The molecule has 0 atom stereocenters. The van der Waals surface area contributed by atoms with Gasteiger partial charge in [-0.1, -0.05) is 18.7 Å². The van der Waals surface area contributed by atoms with Crippen molar-refractivity contribution < 1.29 is 14.0 Å². The molecular weight excluding hydrogens is 463 g/mol. The lowest BCUT2D eigenvalue weighted by Gasteiger charge is -2.15. The van der Waals surface area contributed by atoms with Gasteiger partial charge in [-0.25, -0.2) is 9.37 Å². The Morgan fingerprint density at radius 1 is 1.03 bits per heavy atom. The van der Waals surface area contributed by atoms with Crippen LogP contribution < -0.4 is 21.3 Å². The Morgan fingerprint density at radius 2 is 1.83 bits per heavy atom. The Hall–Kier alpha value is -5.06. The van der Waals surface area contributed by atoms with Crippen LogP contribution in [0.25, 0.3) is 11.1 Å². The number of amides is 2. The normalized spacial score (nSPS) is 10.4. The minimum atomic E-state index is -0.551. The van der Waals surface area contributed by atoms with Crippen LogP contribution in [0.2, 0.25) is 0 Å². The lowest BCUT2D eigenvalue weighted by Crippen LogP contribution is -2.08. The standard InChI is InChI=1S/C25H23FN8O2/c1-4-23(36)30-18-8-9-21(26)22(11-18)32-24-20(16-6-5-7-17(10-16)29-15(2)35)13-27-25(33-24)31-19-12-28-34(3)14-19/h4-14H,1H2,2-3H3,(H,29,35)(H,30,36)(H2,27,31,32,33). The number of aromatic nitrogens is 4. The Labute approximate surface area is 206 Å². The van der Waals surface area contributed by atoms with Gasteiger partial charge in [-0.2, -0.15) is 10.1 Å². The van der Waals surface area contributed by atoms with Crippen molar-refractivity contribution in [1.82, 2.24) is 19.7 Å². The predicted molar refractivity (Wildman–Crippen MR) is 137 cm³/mol. The summed E-state index contributed by atoms with van der Waals surface area (Å²) in [5.74, 6) is -0.637. The highest BCUT2D eigenvalue weighted by atomic mass is 19.1. The van der Waals surface area contributed by atoms with Gasteiger partial charge in [-0.05, 0) is 42.0 Å². The fourth-order valence-electron chi connectivity index (χ4n) is 3.35. The first-order valence-corrected chi connectivity index (χ1v) is 10.8. The zero-order valence-electron chi connectivity index (χ0n) is 19.5. The van der Waals surface area contributed by atoms with Gasteiger partial charge in [-0.15, -0.1) is 0 Å². The van der Waals surface area contributed by atoms with Gasteiger partial charge in [0.2, 0.25) is 17.8 Å². The molecule has 2 heterocycles. The van der Waals surface area contributed by atoms with Crippen molar-refractivity contribution in [2.24, 2.45) is 7.05 Å². The van der Waals surface area contributed by atoms with Gasteiger partial charge in [-0.3, -0.25) is 14.3 Å². The number of hydrogen-bond acceptors (Lipinski definition) is 7.